The van der Waals surface area contributed by atoms with Crippen molar-refractivity contribution in [3.05, 3.63) is 76.3 Å². The van der Waals surface area contributed by atoms with Gasteiger partial charge in [-0.2, -0.15) is 0 Å². The van der Waals surface area contributed by atoms with Gasteiger partial charge in [-0.25, -0.2) is 0 Å². The van der Waals surface area contributed by atoms with Gasteiger partial charge in [-0.1, -0.05) is 70.5 Å². The molecule has 0 aliphatic rings. The Morgan fingerprint density at radius 2 is 1.56 bits per heavy atom. The van der Waals surface area contributed by atoms with Gasteiger partial charge in [-0.15, -0.1) is 0 Å². The summed E-state index contributed by atoms with van der Waals surface area (Å²) in [7, 11) is 0. The van der Waals surface area contributed by atoms with Gasteiger partial charge in [0.1, 0.15) is 0 Å². The normalized spacial score (nSPS) is 10.8. The van der Waals surface area contributed by atoms with Gasteiger partial charge in [0.05, 0.1) is 0 Å². The molecule has 2 aromatic rings. The van der Waals surface area contributed by atoms with Crippen molar-refractivity contribution < 1.29 is 0 Å². The first-order valence-corrected chi connectivity index (χ1v) is 6.10. The predicted octanol–water partition coefficient (Wildman–Crippen LogP) is 4.71. The molecule has 0 radical (unpaired) electrons. The fourth-order valence-electron chi connectivity index (χ4n) is 1.52. The predicted molar refractivity (Wildman–Crippen MR) is 73.3 cm³/mol. The van der Waals surface area contributed by atoms with E-state index in [-0.39, 0.29) is 0 Å². The maximum absolute atomic E-state index is 3.43. The van der Waals surface area contributed by atoms with Crippen molar-refractivity contribution in [2.24, 2.45) is 0 Å². The van der Waals surface area contributed by atoms with Gasteiger partial charge in [0.25, 0.3) is 0 Å². The molecule has 0 atom stereocenters. The second-order valence-corrected chi connectivity index (χ2v) is 4.56. The first kappa shape index (κ1) is 11.2. The summed E-state index contributed by atoms with van der Waals surface area (Å²) in [5.74, 6) is 0. The third kappa shape index (κ3) is 3.35. The van der Waals surface area contributed by atoms with Gasteiger partial charge in [-0.3, -0.25) is 0 Å². The smallest absolute Gasteiger partial charge is 0.0175 e. The van der Waals surface area contributed by atoms with Gasteiger partial charge in [0, 0.05) is 4.47 Å². The van der Waals surface area contributed by atoms with Gasteiger partial charge in [0.2, 0.25) is 0 Å². The Morgan fingerprint density at radius 3 is 2.25 bits per heavy atom. The maximum Gasteiger partial charge on any atom is 0.0175 e. The summed E-state index contributed by atoms with van der Waals surface area (Å²) in [6.07, 6.45) is 5.32. The van der Waals surface area contributed by atoms with Crippen molar-refractivity contribution in [2.75, 3.05) is 0 Å². The number of hydrogen-bond donors (Lipinski definition) is 0. The molecule has 0 nitrogen and oxygen atoms in total. The highest BCUT2D eigenvalue weighted by molar-refractivity contribution is 9.10. The Hall–Kier alpha value is -1.34. The third-order valence-corrected chi connectivity index (χ3v) is 2.91. The zero-order valence-electron chi connectivity index (χ0n) is 8.94. The molecule has 2 aromatic carbocycles. The molecule has 0 saturated carbocycles. The van der Waals surface area contributed by atoms with E-state index < -0.39 is 0 Å². The van der Waals surface area contributed by atoms with E-state index in [2.05, 4.69) is 76.6 Å². The topological polar surface area (TPSA) is 0 Å². The lowest BCUT2D eigenvalue weighted by Gasteiger charge is -1.96. The molecule has 1 heteroatoms. The number of allylic oxidation sites excluding steroid dienone is 1. The molecule has 0 bridgehead atoms. The standard InChI is InChI=1S/C15H13Br/c16-15-11-9-14(10-12-15)8-4-7-13-5-2-1-3-6-13/h1-7,9-12H,8H2. The molecule has 16 heavy (non-hydrogen) atoms. The summed E-state index contributed by atoms with van der Waals surface area (Å²) >= 11 is 3.43. The van der Waals surface area contributed by atoms with Crippen LogP contribution < -0.4 is 0 Å². The zero-order valence-corrected chi connectivity index (χ0v) is 10.5. The van der Waals surface area contributed by atoms with E-state index in [9.17, 15) is 0 Å². The molecule has 0 aliphatic heterocycles. The second kappa shape index (κ2) is 5.66. The number of hydrogen-bond acceptors (Lipinski definition) is 0. The first-order valence-electron chi connectivity index (χ1n) is 5.30. The monoisotopic (exact) mass is 272 g/mol. The highest BCUT2D eigenvalue weighted by atomic mass is 79.9. The molecule has 0 N–H and O–H groups in total. The molecule has 0 aliphatic carbocycles. The highest BCUT2D eigenvalue weighted by Gasteiger charge is 1.89. The molecule has 0 amide bonds. The largest absolute Gasteiger partial charge is 0.0795 e. The summed E-state index contributed by atoms with van der Waals surface area (Å²) in [6, 6.07) is 18.8. The molecular formula is C15H13Br. The van der Waals surface area contributed by atoms with E-state index >= 15 is 0 Å². The average molecular weight is 273 g/mol. The van der Waals surface area contributed by atoms with E-state index in [4.69, 9.17) is 0 Å². The summed E-state index contributed by atoms with van der Waals surface area (Å²) in [5, 5.41) is 0. The summed E-state index contributed by atoms with van der Waals surface area (Å²) < 4.78 is 1.13. The van der Waals surface area contributed by atoms with Crippen LogP contribution in [-0.2, 0) is 6.42 Å². The van der Waals surface area contributed by atoms with Gasteiger partial charge in [0.15, 0.2) is 0 Å². The Morgan fingerprint density at radius 1 is 0.875 bits per heavy atom. The SMILES string of the molecule is Brc1ccc(CC=Cc2ccccc2)cc1. The highest BCUT2D eigenvalue weighted by Crippen LogP contribution is 2.11. The number of benzene rings is 2. The molecule has 2 rings (SSSR count). The summed E-state index contributed by atoms with van der Waals surface area (Å²) in [6.45, 7) is 0. The molecule has 0 unspecified atom stereocenters. The van der Waals surface area contributed by atoms with Crippen LogP contribution in [0.15, 0.2) is 65.1 Å². The van der Waals surface area contributed by atoms with Crippen molar-refractivity contribution >= 4 is 22.0 Å². The fourth-order valence-corrected chi connectivity index (χ4v) is 1.78. The molecule has 0 aromatic heterocycles. The number of rotatable bonds is 3. The Bertz CT molecular complexity index is 455. The van der Waals surface area contributed by atoms with E-state index in [0.29, 0.717) is 0 Å². The first-order chi connectivity index (χ1) is 7.84. The Balaban J connectivity index is 1.97. The Kier molecular flexibility index (Phi) is 3.95. The van der Waals surface area contributed by atoms with Crippen LogP contribution in [0.25, 0.3) is 6.08 Å². The molecule has 80 valence electrons. The van der Waals surface area contributed by atoms with Crippen molar-refractivity contribution in [1.29, 1.82) is 0 Å². The lowest BCUT2D eigenvalue weighted by atomic mass is 10.1. The molecule has 0 saturated heterocycles. The molecular weight excluding hydrogens is 260 g/mol. The quantitative estimate of drug-likeness (QED) is 0.760. The van der Waals surface area contributed by atoms with Crippen LogP contribution in [0.3, 0.4) is 0 Å². The van der Waals surface area contributed by atoms with Crippen molar-refractivity contribution in [2.45, 2.75) is 6.42 Å². The summed E-state index contributed by atoms with van der Waals surface area (Å²) in [4.78, 5) is 0. The van der Waals surface area contributed by atoms with E-state index in [1.54, 1.807) is 0 Å². The maximum atomic E-state index is 3.43. The van der Waals surface area contributed by atoms with E-state index in [1.807, 2.05) is 6.07 Å². The number of halogens is 1. The lowest BCUT2D eigenvalue weighted by molar-refractivity contribution is 1.27. The van der Waals surface area contributed by atoms with Crippen LogP contribution >= 0.6 is 15.9 Å². The van der Waals surface area contributed by atoms with Crippen LogP contribution in [0.5, 0.6) is 0 Å². The summed E-state index contributed by atoms with van der Waals surface area (Å²) in [5.41, 5.74) is 2.58. The van der Waals surface area contributed by atoms with Crippen LogP contribution in [0.4, 0.5) is 0 Å². The van der Waals surface area contributed by atoms with Crippen LogP contribution in [0, 0.1) is 0 Å². The zero-order chi connectivity index (χ0) is 11.2. The fraction of sp³-hybridized carbons (Fsp3) is 0.0667. The minimum atomic E-state index is 0.974. The van der Waals surface area contributed by atoms with Crippen molar-refractivity contribution in [3.8, 4) is 0 Å². The third-order valence-electron chi connectivity index (χ3n) is 2.38. The molecule has 0 fully saturated rings. The van der Waals surface area contributed by atoms with Gasteiger partial charge < -0.3 is 0 Å². The van der Waals surface area contributed by atoms with Crippen LogP contribution in [0.2, 0.25) is 0 Å². The molecule has 0 spiro atoms. The van der Waals surface area contributed by atoms with Crippen LogP contribution in [-0.4, -0.2) is 0 Å². The second-order valence-electron chi connectivity index (χ2n) is 3.64. The molecule has 0 heterocycles. The average Bonchev–Trinajstić information content (AvgIpc) is 2.33. The van der Waals surface area contributed by atoms with Crippen molar-refractivity contribution in [3.63, 3.8) is 0 Å². The minimum Gasteiger partial charge on any atom is -0.0795 e. The Labute approximate surface area is 105 Å². The lowest BCUT2D eigenvalue weighted by Crippen LogP contribution is -1.79. The van der Waals surface area contributed by atoms with E-state index in [0.717, 1.165) is 10.9 Å². The van der Waals surface area contributed by atoms with Crippen molar-refractivity contribution in [1.82, 2.24) is 0 Å². The van der Waals surface area contributed by atoms with Gasteiger partial charge in [-0.05, 0) is 29.7 Å². The van der Waals surface area contributed by atoms with E-state index in [1.165, 1.54) is 11.1 Å². The van der Waals surface area contributed by atoms with Crippen LogP contribution in [0.1, 0.15) is 11.1 Å². The van der Waals surface area contributed by atoms with Gasteiger partial charge >= 0.3 is 0 Å². The minimum absolute atomic E-state index is 0.974.